The third-order valence-electron chi connectivity index (χ3n) is 4.72. The molecule has 0 aromatic rings. The van der Waals surface area contributed by atoms with Crippen molar-refractivity contribution in [1.29, 1.82) is 0 Å². The van der Waals surface area contributed by atoms with E-state index in [1.54, 1.807) is 0 Å². The third-order valence-corrected chi connectivity index (χ3v) is 4.72. The molecule has 0 aromatic carbocycles. The molecule has 1 aliphatic carbocycles. The van der Waals surface area contributed by atoms with Crippen molar-refractivity contribution in [2.24, 2.45) is 5.41 Å². The van der Waals surface area contributed by atoms with Crippen LogP contribution in [0.2, 0.25) is 0 Å². The van der Waals surface area contributed by atoms with Gasteiger partial charge in [0.05, 0.1) is 6.54 Å². The van der Waals surface area contributed by atoms with E-state index in [1.807, 2.05) is 11.8 Å². The van der Waals surface area contributed by atoms with E-state index in [4.69, 9.17) is 0 Å². The summed E-state index contributed by atoms with van der Waals surface area (Å²) in [6.45, 7) is 5.13. The molecule has 2 fully saturated rings. The predicted molar refractivity (Wildman–Crippen MR) is 70.0 cm³/mol. The summed E-state index contributed by atoms with van der Waals surface area (Å²) in [5.74, 6) is 0.0996. The highest BCUT2D eigenvalue weighted by Crippen LogP contribution is 2.42. The highest BCUT2D eigenvalue weighted by Gasteiger charge is 2.40. The van der Waals surface area contributed by atoms with Crippen LogP contribution in [0.25, 0.3) is 0 Å². The molecule has 1 heterocycles. The van der Waals surface area contributed by atoms with Crippen LogP contribution in [0.5, 0.6) is 0 Å². The fourth-order valence-electron chi connectivity index (χ4n) is 3.41. The van der Waals surface area contributed by atoms with Crippen LogP contribution in [0, 0.1) is 5.41 Å². The molecule has 1 saturated carbocycles. The number of hydrogen-bond acceptors (Lipinski definition) is 2. The van der Waals surface area contributed by atoms with Crippen molar-refractivity contribution in [3.05, 3.63) is 0 Å². The van der Waals surface area contributed by atoms with Crippen molar-refractivity contribution >= 4 is 11.8 Å². The molecule has 1 unspecified atom stereocenters. The first-order valence-electron chi connectivity index (χ1n) is 7.19. The monoisotopic (exact) mass is 252 g/mol. The summed E-state index contributed by atoms with van der Waals surface area (Å²) in [6.07, 6.45) is 6.74. The number of rotatable bonds is 4. The molecule has 2 rings (SSSR count). The number of carbonyl (C=O) groups is 2. The number of amides is 2. The Morgan fingerprint density at radius 1 is 1.28 bits per heavy atom. The van der Waals surface area contributed by atoms with Gasteiger partial charge in [0.15, 0.2) is 0 Å². The number of hydrogen-bond donors (Lipinski definition) is 1. The van der Waals surface area contributed by atoms with E-state index in [-0.39, 0.29) is 29.8 Å². The van der Waals surface area contributed by atoms with E-state index in [1.165, 1.54) is 25.7 Å². The second-order valence-electron chi connectivity index (χ2n) is 5.72. The van der Waals surface area contributed by atoms with Crippen molar-refractivity contribution in [1.82, 2.24) is 10.2 Å². The van der Waals surface area contributed by atoms with Crippen molar-refractivity contribution in [3.8, 4) is 0 Å². The van der Waals surface area contributed by atoms with Crippen LogP contribution in [-0.4, -0.2) is 35.8 Å². The zero-order valence-electron chi connectivity index (χ0n) is 11.5. The van der Waals surface area contributed by atoms with Crippen LogP contribution in [-0.2, 0) is 9.59 Å². The average molecular weight is 252 g/mol. The Balaban J connectivity index is 2.13. The first-order chi connectivity index (χ1) is 8.62. The maximum absolute atomic E-state index is 12.1. The number of nitrogens with zero attached hydrogens (tertiary/aromatic N) is 1. The lowest BCUT2D eigenvalue weighted by molar-refractivity contribution is -0.147. The first kappa shape index (κ1) is 13.4. The van der Waals surface area contributed by atoms with E-state index < -0.39 is 0 Å². The maximum Gasteiger partial charge on any atom is 0.243 e. The molecule has 102 valence electrons. The topological polar surface area (TPSA) is 49.4 Å². The first-order valence-corrected chi connectivity index (χ1v) is 7.19. The molecule has 2 aliphatic rings. The fourth-order valence-corrected chi connectivity index (χ4v) is 3.41. The van der Waals surface area contributed by atoms with Gasteiger partial charge in [-0.25, -0.2) is 0 Å². The van der Waals surface area contributed by atoms with Crippen LogP contribution in [0.15, 0.2) is 0 Å². The van der Waals surface area contributed by atoms with Crippen molar-refractivity contribution in [2.45, 2.75) is 58.4 Å². The van der Waals surface area contributed by atoms with Crippen molar-refractivity contribution in [3.63, 3.8) is 0 Å². The van der Waals surface area contributed by atoms with E-state index in [0.29, 0.717) is 6.42 Å². The predicted octanol–water partition coefficient (Wildman–Crippen LogP) is 1.69. The van der Waals surface area contributed by atoms with Gasteiger partial charge in [-0.1, -0.05) is 26.7 Å². The molecule has 0 spiro atoms. The number of carbonyl (C=O) groups excluding carboxylic acids is 2. The summed E-state index contributed by atoms with van der Waals surface area (Å²) < 4.78 is 0. The van der Waals surface area contributed by atoms with E-state index >= 15 is 0 Å². The smallest absolute Gasteiger partial charge is 0.243 e. The van der Waals surface area contributed by atoms with Gasteiger partial charge in [-0.2, -0.15) is 0 Å². The largest absolute Gasteiger partial charge is 0.345 e. The molecule has 1 saturated heterocycles. The summed E-state index contributed by atoms with van der Waals surface area (Å²) in [4.78, 5) is 25.7. The van der Waals surface area contributed by atoms with Gasteiger partial charge in [-0.15, -0.1) is 0 Å². The van der Waals surface area contributed by atoms with Gasteiger partial charge >= 0.3 is 0 Å². The molecule has 0 bridgehead atoms. The lowest BCUT2D eigenvalue weighted by Gasteiger charge is -2.40. The van der Waals surface area contributed by atoms with Crippen LogP contribution >= 0.6 is 0 Å². The Morgan fingerprint density at radius 3 is 2.50 bits per heavy atom. The second kappa shape index (κ2) is 5.29. The van der Waals surface area contributed by atoms with Gasteiger partial charge in [0.2, 0.25) is 11.8 Å². The maximum atomic E-state index is 12.1. The third kappa shape index (κ3) is 2.38. The van der Waals surface area contributed by atoms with Gasteiger partial charge in [0.1, 0.15) is 6.04 Å². The van der Waals surface area contributed by atoms with Crippen LogP contribution in [0.4, 0.5) is 0 Å². The Labute approximate surface area is 109 Å². The number of nitrogens with one attached hydrogen (secondary N) is 1. The lowest BCUT2D eigenvalue weighted by atomic mass is 9.82. The molecule has 1 N–H and O–H groups in total. The molecule has 4 heteroatoms. The van der Waals surface area contributed by atoms with Gasteiger partial charge in [-0.05, 0) is 31.1 Å². The molecule has 0 radical (unpaired) electrons. The van der Waals surface area contributed by atoms with Crippen LogP contribution in [0.3, 0.4) is 0 Å². The van der Waals surface area contributed by atoms with E-state index in [9.17, 15) is 9.59 Å². The fraction of sp³-hybridized carbons (Fsp3) is 0.857. The van der Waals surface area contributed by atoms with E-state index in [0.717, 1.165) is 13.0 Å². The highest BCUT2D eigenvalue weighted by molar-refractivity contribution is 5.94. The Kier molecular flexibility index (Phi) is 3.93. The van der Waals surface area contributed by atoms with Crippen LogP contribution < -0.4 is 5.32 Å². The Bertz CT molecular complexity index is 335. The van der Waals surface area contributed by atoms with Crippen molar-refractivity contribution in [2.75, 3.05) is 13.1 Å². The zero-order valence-corrected chi connectivity index (χ0v) is 11.5. The quantitative estimate of drug-likeness (QED) is 0.828. The second-order valence-corrected chi connectivity index (χ2v) is 5.72. The molecular weight excluding hydrogens is 228 g/mol. The minimum absolute atomic E-state index is 0.0151. The standard InChI is InChI=1S/C14H24N2O2/c1-3-11-13(18)15-9-12(17)16(11)10-14(4-2)7-5-6-8-14/h11H,3-10H2,1-2H3,(H,15,18). The normalized spacial score (nSPS) is 27.4. The molecule has 18 heavy (non-hydrogen) atoms. The number of piperazine rings is 1. The van der Waals surface area contributed by atoms with Gasteiger partial charge in [-0.3, -0.25) is 9.59 Å². The molecule has 2 amide bonds. The zero-order chi connectivity index (χ0) is 13.2. The van der Waals surface area contributed by atoms with Crippen LogP contribution in [0.1, 0.15) is 52.4 Å². The van der Waals surface area contributed by atoms with Gasteiger partial charge < -0.3 is 10.2 Å². The minimum Gasteiger partial charge on any atom is -0.345 e. The SMILES string of the molecule is CCC1C(=O)NCC(=O)N1CC1(CC)CCCC1. The Morgan fingerprint density at radius 2 is 1.94 bits per heavy atom. The highest BCUT2D eigenvalue weighted by atomic mass is 16.2. The molecule has 4 nitrogen and oxygen atoms in total. The summed E-state index contributed by atoms with van der Waals surface area (Å²) >= 11 is 0. The molecule has 1 atom stereocenters. The molecular formula is C14H24N2O2. The Hall–Kier alpha value is -1.06. The van der Waals surface area contributed by atoms with Gasteiger partial charge in [0.25, 0.3) is 0 Å². The van der Waals surface area contributed by atoms with E-state index in [2.05, 4.69) is 12.2 Å². The minimum atomic E-state index is -0.254. The van der Waals surface area contributed by atoms with Gasteiger partial charge in [0, 0.05) is 6.54 Å². The average Bonchev–Trinajstić information content (AvgIpc) is 2.83. The summed E-state index contributed by atoms with van der Waals surface area (Å²) in [6, 6.07) is -0.254. The summed E-state index contributed by atoms with van der Waals surface area (Å²) in [7, 11) is 0. The summed E-state index contributed by atoms with van der Waals surface area (Å²) in [5.41, 5.74) is 0.265. The molecule has 1 aliphatic heterocycles. The lowest BCUT2D eigenvalue weighted by Crippen LogP contribution is -2.60. The summed E-state index contributed by atoms with van der Waals surface area (Å²) in [5, 5.41) is 2.69. The molecule has 0 aromatic heterocycles. The van der Waals surface area contributed by atoms with Crippen molar-refractivity contribution < 1.29 is 9.59 Å².